The number of hydrazone groups is 1. The molecule has 0 saturated carbocycles. The number of benzene rings is 1. The van der Waals surface area contributed by atoms with Crippen LogP contribution in [-0.4, -0.2) is 16.8 Å². The van der Waals surface area contributed by atoms with Gasteiger partial charge in [0.2, 0.25) is 0 Å². The lowest BCUT2D eigenvalue weighted by Gasteiger charge is -2.12. The molecule has 1 aromatic carbocycles. The Morgan fingerprint density at radius 3 is 3.11 bits per heavy atom. The van der Waals surface area contributed by atoms with Gasteiger partial charge in [-0.05, 0) is 36.5 Å². The van der Waals surface area contributed by atoms with Crippen molar-refractivity contribution in [1.29, 1.82) is 0 Å². The molecule has 3 rings (SSSR count). The quantitative estimate of drug-likeness (QED) is 0.368. The molecule has 0 unspecified atom stereocenters. The molecule has 5 heteroatoms. The van der Waals surface area contributed by atoms with Crippen molar-refractivity contribution in [3.8, 4) is 0 Å². The second kappa shape index (κ2) is 4.42. The predicted octanol–water partition coefficient (Wildman–Crippen LogP) is 1.30. The van der Waals surface area contributed by atoms with Gasteiger partial charge in [0.1, 0.15) is 12.0 Å². The zero-order valence-electron chi connectivity index (χ0n) is 10.8. The van der Waals surface area contributed by atoms with Crippen molar-refractivity contribution in [1.82, 2.24) is 9.88 Å². The van der Waals surface area contributed by atoms with Gasteiger partial charge in [-0.3, -0.25) is 4.79 Å². The van der Waals surface area contributed by atoms with E-state index in [1.807, 2.05) is 11.6 Å². The van der Waals surface area contributed by atoms with E-state index in [9.17, 15) is 4.79 Å². The Bertz CT molecular complexity index is 684. The fourth-order valence-electron chi connectivity index (χ4n) is 3.02. The molecule has 0 saturated heterocycles. The van der Waals surface area contributed by atoms with Crippen LogP contribution in [0.5, 0.6) is 0 Å². The Hall–Kier alpha value is -2.30. The van der Waals surface area contributed by atoms with Crippen LogP contribution in [0.3, 0.4) is 0 Å². The summed E-state index contributed by atoms with van der Waals surface area (Å²) < 4.78 is 1.96. The summed E-state index contributed by atoms with van der Waals surface area (Å²) in [5.41, 5.74) is 4.30. The number of nitrogens with zero attached hydrogens (tertiary/aromatic N) is 2. The first-order valence-electron chi connectivity index (χ1n) is 6.35. The summed E-state index contributed by atoms with van der Waals surface area (Å²) in [5.74, 6) is 4.87. The van der Waals surface area contributed by atoms with Crippen LogP contribution in [-0.2, 0) is 19.9 Å². The standard InChI is InChI=1S/C14H16N4O/c1-18-11-7-3-5-9-4-2-6-10(12(9)11)13(18)14(19)16-8-17-15/h3,5,7-8H,2,4,6,15H2,1H3,(H,16,17,19). The molecular formula is C14H16N4O. The molecule has 1 aromatic heterocycles. The van der Waals surface area contributed by atoms with Crippen LogP contribution in [0.1, 0.15) is 28.0 Å². The summed E-state index contributed by atoms with van der Waals surface area (Å²) in [7, 11) is 1.93. The molecule has 5 nitrogen and oxygen atoms in total. The summed E-state index contributed by atoms with van der Waals surface area (Å²) in [6.07, 6.45) is 4.33. The molecule has 1 amide bonds. The molecule has 1 aliphatic carbocycles. The maximum Gasteiger partial charge on any atom is 0.273 e. The highest BCUT2D eigenvalue weighted by Gasteiger charge is 2.24. The fraction of sp³-hybridized carbons (Fsp3) is 0.286. The van der Waals surface area contributed by atoms with E-state index in [0.717, 1.165) is 30.3 Å². The molecule has 19 heavy (non-hydrogen) atoms. The van der Waals surface area contributed by atoms with Gasteiger partial charge in [-0.25, -0.2) is 0 Å². The van der Waals surface area contributed by atoms with Crippen molar-refractivity contribution in [2.75, 3.05) is 0 Å². The molecule has 3 N–H and O–H groups in total. The number of rotatable bonds is 2. The first kappa shape index (κ1) is 11.8. The smallest absolute Gasteiger partial charge is 0.273 e. The molecule has 0 fully saturated rings. The van der Waals surface area contributed by atoms with Crippen LogP contribution in [0.4, 0.5) is 0 Å². The summed E-state index contributed by atoms with van der Waals surface area (Å²) in [4.78, 5) is 12.2. The fourth-order valence-corrected chi connectivity index (χ4v) is 3.02. The lowest BCUT2D eigenvalue weighted by atomic mass is 9.91. The van der Waals surface area contributed by atoms with Gasteiger partial charge in [-0.1, -0.05) is 12.1 Å². The highest BCUT2D eigenvalue weighted by Crippen LogP contribution is 2.33. The van der Waals surface area contributed by atoms with E-state index in [4.69, 9.17) is 5.84 Å². The third kappa shape index (κ3) is 1.69. The van der Waals surface area contributed by atoms with Gasteiger partial charge in [0, 0.05) is 18.0 Å². The van der Waals surface area contributed by atoms with Gasteiger partial charge in [0.05, 0.1) is 0 Å². The average Bonchev–Trinajstić information content (AvgIpc) is 2.72. The Labute approximate surface area is 111 Å². The minimum Gasteiger partial charge on any atom is -0.339 e. The summed E-state index contributed by atoms with van der Waals surface area (Å²) >= 11 is 0. The van der Waals surface area contributed by atoms with Crippen LogP contribution in [0, 0.1) is 0 Å². The number of carbonyl (C=O) groups is 1. The van der Waals surface area contributed by atoms with E-state index < -0.39 is 0 Å². The molecule has 0 spiro atoms. The topological polar surface area (TPSA) is 72.4 Å². The van der Waals surface area contributed by atoms with Crippen molar-refractivity contribution in [2.45, 2.75) is 19.3 Å². The molecule has 1 aliphatic rings. The Morgan fingerprint density at radius 1 is 1.47 bits per heavy atom. The zero-order chi connectivity index (χ0) is 13.4. The van der Waals surface area contributed by atoms with Crippen molar-refractivity contribution in [2.24, 2.45) is 18.0 Å². The van der Waals surface area contributed by atoms with Crippen LogP contribution in [0.2, 0.25) is 0 Å². The molecule has 0 aliphatic heterocycles. The number of hydrogen-bond donors (Lipinski definition) is 2. The van der Waals surface area contributed by atoms with Crippen molar-refractivity contribution >= 4 is 23.1 Å². The SMILES string of the molecule is Cn1c(C(=O)NC=NN)c2c3c(cccc31)CCC2. The van der Waals surface area contributed by atoms with Crippen molar-refractivity contribution in [3.63, 3.8) is 0 Å². The van der Waals surface area contributed by atoms with E-state index >= 15 is 0 Å². The number of carbonyl (C=O) groups excluding carboxylic acids is 1. The van der Waals surface area contributed by atoms with Gasteiger partial charge in [0.25, 0.3) is 5.91 Å². The van der Waals surface area contributed by atoms with Crippen molar-refractivity contribution < 1.29 is 4.79 Å². The third-order valence-electron chi connectivity index (χ3n) is 3.77. The number of nitrogens with two attached hydrogens (primary N) is 1. The van der Waals surface area contributed by atoms with Gasteiger partial charge < -0.3 is 15.7 Å². The lowest BCUT2D eigenvalue weighted by Crippen LogP contribution is -2.25. The van der Waals surface area contributed by atoms with E-state index in [2.05, 4.69) is 28.6 Å². The van der Waals surface area contributed by atoms with Crippen LogP contribution >= 0.6 is 0 Å². The lowest BCUT2D eigenvalue weighted by molar-refractivity contribution is 0.0970. The molecule has 0 radical (unpaired) electrons. The summed E-state index contributed by atoms with van der Waals surface area (Å²) in [5, 5.41) is 7.14. The molecule has 1 heterocycles. The largest absolute Gasteiger partial charge is 0.339 e. The second-order valence-electron chi connectivity index (χ2n) is 4.80. The second-order valence-corrected chi connectivity index (χ2v) is 4.80. The average molecular weight is 256 g/mol. The number of amides is 1. The van der Waals surface area contributed by atoms with E-state index in [1.54, 1.807) is 0 Å². The molecule has 0 bridgehead atoms. The van der Waals surface area contributed by atoms with Gasteiger partial charge in [-0.2, -0.15) is 5.10 Å². The molecule has 98 valence electrons. The van der Waals surface area contributed by atoms with E-state index in [1.165, 1.54) is 17.3 Å². The maximum atomic E-state index is 12.2. The number of aryl methyl sites for hydroxylation is 3. The molecular weight excluding hydrogens is 240 g/mol. The van der Waals surface area contributed by atoms with E-state index in [0.29, 0.717) is 5.69 Å². The number of hydrogen-bond acceptors (Lipinski definition) is 3. The number of nitrogens with one attached hydrogen (secondary N) is 1. The normalized spacial score (nSPS) is 14.2. The monoisotopic (exact) mass is 256 g/mol. The van der Waals surface area contributed by atoms with Crippen molar-refractivity contribution in [3.05, 3.63) is 35.0 Å². The first-order chi connectivity index (χ1) is 9.24. The predicted molar refractivity (Wildman–Crippen MR) is 75.1 cm³/mol. The van der Waals surface area contributed by atoms with Crippen LogP contribution in [0.25, 0.3) is 10.9 Å². The van der Waals surface area contributed by atoms with Gasteiger partial charge >= 0.3 is 0 Å². The maximum absolute atomic E-state index is 12.2. The Balaban J connectivity index is 2.23. The third-order valence-corrected chi connectivity index (χ3v) is 3.77. The first-order valence-corrected chi connectivity index (χ1v) is 6.35. The van der Waals surface area contributed by atoms with E-state index in [-0.39, 0.29) is 5.91 Å². The molecule has 0 atom stereocenters. The van der Waals surface area contributed by atoms with Crippen LogP contribution < -0.4 is 11.2 Å². The minimum absolute atomic E-state index is 0.157. The summed E-state index contributed by atoms with van der Waals surface area (Å²) in [6, 6.07) is 6.26. The van der Waals surface area contributed by atoms with Gasteiger partial charge in [-0.15, -0.1) is 0 Å². The highest BCUT2D eigenvalue weighted by molar-refractivity contribution is 6.06. The van der Waals surface area contributed by atoms with Crippen LogP contribution in [0.15, 0.2) is 23.3 Å². The Kier molecular flexibility index (Phi) is 2.74. The van der Waals surface area contributed by atoms with Gasteiger partial charge in [0.15, 0.2) is 0 Å². The highest BCUT2D eigenvalue weighted by atomic mass is 16.1. The minimum atomic E-state index is -0.157. The zero-order valence-corrected chi connectivity index (χ0v) is 10.8. The molecule has 2 aromatic rings. The summed E-state index contributed by atoms with van der Waals surface area (Å²) in [6.45, 7) is 0. The Morgan fingerprint density at radius 2 is 2.32 bits per heavy atom. The number of aromatic nitrogens is 1.